The van der Waals surface area contributed by atoms with Gasteiger partial charge in [0.25, 0.3) is 0 Å². The fourth-order valence-corrected chi connectivity index (χ4v) is 6.75. The average molecular weight is 665 g/mol. The highest BCUT2D eigenvalue weighted by molar-refractivity contribution is 7.21. The molecule has 0 spiro atoms. The Bertz CT molecular complexity index is 1760. The number of fused-ring (bicyclic) bond motifs is 2. The highest BCUT2D eigenvalue weighted by atomic mass is 35.5. The summed E-state index contributed by atoms with van der Waals surface area (Å²) in [5.74, 6) is -4.02. The van der Waals surface area contributed by atoms with E-state index in [-0.39, 0.29) is 76.6 Å². The summed E-state index contributed by atoms with van der Waals surface area (Å²) in [6.07, 6.45) is 0.138. The van der Waals surface area contributed by atoms with Gasteiger partial charge >= 0.3 is 5.97 Å². The smallest absolute Gasteiger partial charge is 0.306 e. The number of carbonyl (C=O) groups is 4. The van der Waals surface area contributed by atoms with E-state index < -0.39 is 29.4 Å². The van der Waals surface area contributed by atoms with Crippen LogP contribution in [0.15, 0.2) is 24.3 Å². The summed E-state index contributed by atoms with van der Waals surface area (Å²) in [7, 11) is 1.44. The molecule has 0 aliphatic rings. The van der Waals surface area contributed by atoms with Crippen molar-refractivity contribution in [3.63, 3.8) is 0 Å². The summed E-state index contributed by atoms with van der Waals surface area (Å²) in [5.41, 5.74) is 0. The van der Waals surface area contributed by atoms with Gasteiger partial charge in [-0.05, 0) is 19.1 Å². The molecule has 0 radical (unpaired) electrons. The Balaban J connectivity index is 1.42. The van der Waals surface area contributed by atoms with Crippen LogP contribution < -0.4 is 14.2 Å². The number of ether oxygens (including phenoxy) is 3. The van der Waals surface area contributed by atoms with Crippen LogP contribution in [0, 0.1) is 17.7 Å². The monoisotopic (exact) mass is 664 g/mol. The van der Waals surface area contributed by atoms with Crippen LogP contribution in [-0.2, 0) is 9.59 Å². The van der Waals surface area contributed by atoms with Crippen LogP contribution in [0.2, 0.25) is 5.02 Å². The molecule has 2 N–H and O–H groups in total. The molecule has 2 aromatic carbocycles. The minimum absolute atomic E-state index is 0.0125. The van der Waals surface area contributed by atoms with Gasteiger partial charge in [-0.25, -0.2) is 4.39 Å². The number of carboxylic acid groups (broad SMARTS) is 1. The molecule has 4 aromatic rings. The minimum atomic E-state index is -1.05. The third kappa shape index (κ3) is 7.14. The number of thiophene rings is 2. The van der Waals surface area contributed by atoms with Crippen molar-refractivity contribution >= 4 is 77.8 Å². The second kappa shape index (κ2) is 13.9. The first-order chi connectivity index (χ1) is 20.8. The Morgan fingerprint density at radius 1 is 0.886 bits per heavy atom. The molecule has 234 valence electrons. The molecule has 2 aromatic heterocycles. The molecule has 0 saturated heterocycles. The van der Waals surface area contributed by atoms with Crippen LogP contribution in [0.25, 0.3) is 20.2 Å². The van der Waals surface area contributed by atoms with Gasteiger partial charge in [-0.2, -0.15) is 0 Å². The maximum atomic E-state index is 15.3. The maximum Gasteiger partial charge on any atom is 0.306 e. The topological polar surface area (TPSA) is 136 Å². The zero-order valence-electron chi connectivity index (χ0n) is 24.3. The van der Waals surface area contributed by atoms with E-state index >= 15 is 4.39 Å². The van der Waals surface area contributed by atoms with Crippen LogP contribution in [0.1, 0.15) is 59.4 Å². The number of hydrogen-bond acceptors (Lipinski definition) is 10. The van der Waals surface area contributed by atoms with E-state index in [0.717, 1.165) is 11.3 Å². The van der Waals surface area contributed by atoms with E-state index in [1.165, 1.54) is 44.4 Å². The fraction of sp³-hybridized carbons (Fsp3) is 0.355. The minimum Gasteiger partial charge on any atom is -0.504 e. The average Bonchev–Trinajstić information content (AvgIpc) is 3.60. The van der Waals surface area contributed by atoms with Gasteiger partial charge in [0.05, 0.1) is 41.0 Å². The molecule has 0 unspecified atom stereocenters. The number of phenols is 1. The molecule has 0 amide bonds. The van der Waals surface area contributed by atoms with Crippen LogP contribution >= 0.6 is 34.3 Å². The Hall–Kier alpha value is -3.74. The lowest BCUT2D eigenvalue weighted by Crippen LogP contribution is -2.13. The van der Waals surface area contributed by atoms with Crippen molar-refractivity contribution in [1.29, 1.82) is 0 Å². The number of halogens is 2. The van der Waals surface area contributed by atoms with Crippen LogP contribution in [0.4, 0.5) is 4.39 Å². The summed E-state index contributed by atoms with van der Waals surface area (Å²) in [6.45, 7) is 4.60. The number of carboxylic acids is 1. The molecule has 0 saturated carbocycles. The number of rotatable bonds is 15. The van der Waals surface area contributed by atoms with Crippen LogP contribution in [0.5, 0.6) is 23.0 Å². The molecule has 0 aliphatic heterocycles. The number of aromatic hydroxyl groups is 1. The maximum absolute atomic E-state index is 15.3. The predicted molar refractivity (Wildman–Crippen MR) is 167 cm³/mol. The van der Waals surface area contributed by atoms with Crippen molar-refractivity contribution in [3.8, 4) is 23.0 Å². The molecule has 44 heavy (non-hydrogen) atoms. The molecule has 2 atom stereocenters. The van der Waals surface area contributed by atoms with Gasteiger partial charge in [-0.15, -0.1) is 22.7 Å². The lowest BCUT2D eigenvalue weighted by Gasteiger charge is -2.14. The van der Waals surface area contributed by atoms with Crippen molar-refractivity contribution in [1.82, 2.24) is 0 Å². The largest absolute Gasteiger partial charge is 0.504 e. The van der Waals surface area contributed by atoms with Crippen LogP contribution in [0.3, 0.4) is 0 Å². The number of hydrogen-bond donors (Lipinski definition) is 2. The fourth-order valence-electron chi connectivity index (χ4n) is 4.30. The Morgan fingerprint density at radius 2 is 1.43 bits per heavy atom. The van der Waals surface area contributed by atoms with Gasteiger partial charge < -0.3 is 24.4 Å². The Labute approximate surface area is 265 Å². The zero-order chi connectivity index (χ0) is 32.3. The first-order valence-electron chi connectivity index (χ1n) is 13.6. The zero-order valence-corrected chi connectivity index (χ0v) is 26.7. The number of aliphatic carboxylic acids is 1. The predicted octanol–water partition coefficient (Wildman–Crippen LogP) is 7.56. The quantitative estimate of drug-likeness (QED) is 0.0974. The third-order valence-corrected chi connectivity index (χ3v) is 9.65. The number of phenolic OH excluding ortho intramolecular Hbond substituents is 1. The summed E-state index contributed by atoms with van der Waals surface area (Å²) >= 11 is 8.83. The molecule has 0 fully saturated rings. The van der Waals surface area contributed by atoms with E-state index in [0.29, 0.717) is 25.4 Å². The number of Topliss-reactive ketones (excluding diaryl/α,β-unsaturated/α-hetero) is 3. The van der Waals surface area contributed by atoms with Gasteiger partial charge in [-0.1, -0.05) is 25.4 Å². The Kier molecular flexibility index (Phi) is 10.5. The first-order valence-corrected chi connectivity index (χ1v) is 15.6. The van der Waals surface area contributed by atoms with E-state index in [9.17, 15) is 24.3 Å². The normalized spacial score (nSPS) is 12.7. The van der Waals surface area contributed by atoms with Gasteiger partial charge in [0.1, 0.15) is 5.78 Å². The molecule has 0 aliphatic carbocycles. The number of benzene rings is 2. The second-order valence-electron chi connectivity index (χ2n) is 10.4. The first kappa shape index (κ1) is 33.2. The van der Waals surface area contributed by atoms with Crippen molar-refractivity contribution in [2.45, 2.75) is 40.0 Å². The number of carbonyl (C=O) groups excluding carboxylic acids is 3. The highest BCUT2D eigenvalue weighted by Crippen LogP contribution is 2.45. The molecule has 0 bridgehead atoms. The third-order valence-electron chi connectivity index (χ3n) is 7.03. The SMILES string of the molecule is COc1cc2sc(C(=O)C[C@H](C)C(=O)O)cc2c(Cl)c1OCCCOc1c(O)cc2sc(C(=O)C[C@H](C)C(C)=O)cc2c1F. The number of methoxy groups -OCH3 is 1. The summed E-state index contributed by atoms with van der Waals surface area (Å²) in [6, 6.07) is 6.02. The van der Waals surface area contributed by atoms with Crippen molar-refractivity contribution in [2.24, 2.45) is 11.8 Å². The second-order valence-corrected chi connectivity index (χ2v) is 12.9. The van der Waals surface area contributed by atoms with Crippen LogP contribution in [-0.4, -0.2) is 53.9 Å². The molecular weight excluding hydrogens is 635 g/mol. The summed E-state index contributed by atoms with van der Waals surface area (Å²) in [4.78, 5) is 48.5. The lowest BCUT2D eigenvalue weighted by atomic mass is 10.00. The van der Waals surface area contributed by atoms with Gasteiger partial charge in [0.2, 0.25) is 0 Å². The van der Waals surface area contributed by atoms with E-state index in [1.807, 2.05) is 0 Å². The van der Waals surface area contributed by atoms with E-state index in [2.05, 4.69) is 0 Å². The van der Waals surface area contributed by atoms with E-state index in [4.69, 9.17) is 30.9 Å². The van der Waals surface area contributed by atoms with Crippen molar-refractivity contribution < 1.29 is 48.0 Å². The summed E-state index contributed by atoms with van der Waals surface area (Å²) < 4.78 is 33.2. The summed E-state index contributed by atoms with van der Waals surface area (Å²) in [5, 5.41) is 20.4. The Morgan fingerprint density at radius 3 is 2.00 bits per heavy atom. The van der Waals surface area contributed by atoms with Gasteiger partial charge in [0, 0.05) is 57.5 Å². The highest BCUT2D eigenvalue weighted by Gasteiger charge is 2.23. The lowest BCUT2D eigenvalue weighted by molar-refractivity contribution is -0.141. The van der Waals surface area contributed by atoms with Crippen molar-refractivity contribution in [3.05, 3.63) is 44.9 Å². The molecule has 4 rings (SSSR count). The van der Waals surface area contributed by atoms with Crippen molar-refractivity contribution in [2.75, 3.05) is 20.3 Å². The van der Waals surface area contributed by atoms with Gasteiger partial charge in [0.15, 0.2) is 40.4 Å². The molecule has 13 heteroatoms. The molecule has 2 heterocycles. The standard InChI is InChI=1S/C31H30ClFO9S2/c1-14(16(3)34)8-19(35)26-11-18-23(43-26)12-21(37)29(28(18)33)41-6-5-7-42-30-22(40-4)13-24-17(27(30)32)10-25(44-24)20(36)9-15(2)31(38)39/h10-15,37H,5-9H2,1-4H3,(H,38,39)/t14-,15-/m0/s1. The van der Waals surface area contributed by atoms with Gasteiger partial charge in [-0.3, -0.25) is 19.2 Å². The van der Waals surface area contributed by atoms with E-state index in [1.54, 1.807) is 19.1 Å². The number of ketones is 3. The molecular formula is C31H30ClFO9S2. The molecule has 9 nitrogen and oxygen atoms in total.